The zero-order valence-corrected chi connectivity index (χ0v) is 10.0. The largest absolute Gasteiger partial charge is 0.506 e. The number of aromatic hydroxyl groups is 1. The van der Waals surface area contributed by atoms with Gasteiger partial charge in [-0.2, -0.15) is 13.2 Å². The van der Waals surface area contributed by atoms with Crippen molar-refractivity contribution in [1.82, 2.24) is 4.90 Å². The molecule has 0 saturated carbocycles. The summed E-state index contributed by atoms with van der Waals surface area (Å²) in [6, 6.07) is 4.80. The summed E-state index contributed by atoms with van der Waals surface area (Å²) < 4.78 is 36.0. The van der Waals surface area contributed by atoms with Crippen molar-refractivity contribution in [2.24, 2.45) is 0 Å². The first-order valence-electron chi connectivity index (χ1n) is 5.01. The van der Waals surface area contributed by atoms with E-state index in [0.717, 1.165) is 0 Å². The van der Waals surface area contributed by atoms with Crippen molar-refractivity contribution in [3.8, 4) is 5.75 Å². The van der Waals surface area contributed by atoms with E-state index in [1.165, 1.54) is 11.0 Å². The molecule has 0 unspecified atom stereocenters. The second-order valence-electron chi connectivity index (χ2n) is 3.85. The summed E-state index contributed by atoms with van der Waals surface area (Å²) in [5.74, 6) is -0.0759. The number of rotatable bonds is 4. The van der Waals surface area contributed by atoms with Crippen LogP contribution in [0.2, 0.25) is 5.02 Å². The van der Waals surface area contributed by atoms with Crippen molar-refractivity contribution in [3.63, 3.8) is 0 Å². The van der Waals surface area contributed by atoms with Crippen molar-refractivity contribution >= 4 is 11.6 Å². The molecule has 0 fully saturated rings. The number of phenolic OH excluding ortho intramolecular Hbond substituents is 1. The summed E-state index contributed by atoms with van der Waals surface area (Å²) in [6.07, 6.45) is -5.03. The van der Waals surface area contributed by atoms with E-state index >= 15 is 0 Å². The molecule has 0 aliphatic carbocycles. The van der Waals surface area contributed by atoms with Crippen molar-refractivity contribution in [1.29, 1.82) is 0 Å². The van der Waals surface area contributed by atoms with E-state index in [1.54, 1.807) is 19.2 Å². The zero-order valence-electron chi connectivity index (χ0n) is 9.26. The Bertz CT molecular complexity index is 381. The Balaban J connectivity index is 2.56. The van der Waals surface area contributed by atoms with Crippen LogP contribution < -0.4 is 0 Å². The molecule has 0 aliphatic rings. The van der Waals surface area contributed by atoms with Gasteiger partial charge in [-0.3, -0.25) is 0 Å². The lowest BCUT2D eigenvalue weighted by atomic mass is 10.2. The van der Waals surface area contributed by atoms with Crippen LogP contribution in [0.15, 0.2) is 18.2 Å². The molecule has 0 aromatic heterocycles. The van der Waals surface area contributed by atoms with E-state index in [2.05, 4.69) is 0 Å². The van der Waals surface area contributed by atoms with E-state index in [4.69, 9.17) is 11.6 Å². The van der Waals surface area contributed by atoms with Gasteiger partial charge in [0, 0.05) is 18.7 Å². The predicted molar refractivity (Wildman–Crippen MR) is 60.1 cm³/mol. The van der Waals surface area contributed by atoms with E-state index in [1.807, 2.05) is 0 Å². The summed E-state index contributed by atoms with van der Waals surface area (Å²) in [6.45, 7) is 0.109. The maximum atomic E-state index is 12.0. The van der Waals surface area contributed by atoms with Gasteiger partial charge in [0.05, 0.1) is 11.4 Å². The highest BCUT2D eigenvalue weighted by Crippen LogP contribution is 2.28. The fraction of sp³-hybridized carbons (Fsp3) is 0.455. The van der Waals surface area contributed by atoms with E-state index < -0.39 is 12.6 Å². The fourth-order valence-electron chi connectivity index (χ4n) is 1.38. The summed E-state index contributed by atoms with van der Waals surface area (Å²) in [7, 11) is 1.56. The molecule has 1 aromatic rings. The van der Waals surface area contributed by atoms with Crippen LogP contribution in [0, 0.1) is 0 Å². The Labute approximate surface area is 103 Å². The third-order valence-corrected chi connectivity index (χ3v) is 2.59. The van der Waals surface area contributed by atoms with Crippen molar-refractivity contribution in [3.05, 3.63) is 28.8 Å². The summed E-state index contributed by atoms with van der Waals surface area (Å²) in [5.41, 5.74) is 0.516. The molecular formula is C11H13ClF3NO. The van der Waals surface area contributed by atoms with Crippen LogP contribution in [0.4, 0.5) is 13.2 Å². The van der Waals surface area contributed by atoms with Crippen LogP contribution in [0.3, 0.4) is 0 Å². The van der Waals surface area contributed by atoms with Crippen LogP contribution in [0.25, 0.3) is 0 Å². The molecule has 96 valence electrons. The number of phenols is 1. The Morgan fingerprint density at radius 1 is 1.35 bits per heavy atom. The summed E-state index contributed by atoms with van der Waals surface area (Å²) >= 11 is 5.70. The predicted octanol–water partition coefficient (Wildman–Crippen LogP) is 3.43. The SMILES string of the molecule is CN(CCC(F)(F)F)Cc1cccc(Cl)c1O. The van der Waals surface area contributed by atoms with Gasteiger partial charge in [-0.15, -0.1) is 0 Å². The minimum Gasteiger partial charge on any atom is -0.506 e. The number of para-hydroxylation sites is 1. The molecular weight excluding hydrogens is 255 g/mol. The van der Waals surface area contributed by atoms with Gasteiger partial charge in [0.25, 0.3) is 0 Å². The average molecular weight is 268 g/mol. The molecule has 1 rings (SSSR count). The topological polar surface area (TPSA) is 23.5 Å². The van der Waals surface area contributed by atoms with Gasteiger partial charge >= 0.3 is 6.18 Å². The third kappa shape index (κ3) is 4.83. The molecule has 0 aliphatic heterocycles. The van der Waals surface area contributed by atoms with Gasteiger partial charge in [0.1, 0.15) is 5.75 Å². The van der Waals surface area contributed by atoms with Gasteiger partial charge < -0.3 is 10.0 Å². The normalized spacial score (nSPS) is 12.1. The molecule has 6 heteroatoms. The molecule has 0 radical (unpaired) electrons. The Morgan fingerprint density at radius 2 is 2.00 bits per heavy atom. The van der Waals surface area contributed by atoms with E-state index in [-0.39, 0.29) is 23.9 Å². The first-order chi connectivity index (χ1) is 7.79. The molecule has 0 amide bonds. The second-order valence-corrected chi connectivity index (χ2v) is 4.26. The first-order valence-corrected chi connectivity index (χ1v) is 5.39. The van der Waals surface area contributed by atoms with Gasteiger partial charge in [-0.05, 0) is 13.1 Å². The number of hydrogen-bond donors (Lipinski definition) is 1. The molecule has 0 spiro atoms. The quantitative estimate of drug-likeness (QED) is 0.903. The lowest BCUT2D eigenvalue weighted by Gasteiger charge is -2.18. The summed E-state index contributed by atoms with van der Waals surface area (Å²) in [5, 5.41) is 9.79. The highest BCUT2D eigenvalue weighted by Gasteiger charge is 2.27. The molecule has 0 bridgehead atoms. The molecule has 0 saturated heterocycles. The van der Waals surface area contributed by atoms with Crippen LogP contribution in [0.5, 0.6) is 5.75 Å². The van der Waals surface area contributed by atoms with Gasteiger partial charge in [-0.25, -0.2) is 0 Å². The van der Waals surface area contributed by atoms with Gasteiger partial charge in [0.2, 0.25) is 0 Å². The van der Waals surface area contributed by atoms with E-state index in [9.17, 15) is 18.3 Å². The number of nitrogens with zero attached hydrogens (tertiary/aromatic N) is 1. The molecule has 2 nitrogen and oxygen atoms in total. The Morgan fingerprint density at radius 3 is 2.59 bits per heavy atom. The van der Waals surface area contributed by atoms with Crippen LogP contribution in [-0.4, -0.2) is 29.8 Å². The fourth-order valence-corrected chi connectivity index (χ4v) is 1.57. The zero-order chi connectivity index (χ0) is 13.1. The van der Waals surface area contributed by atoms with Gasteiger partial charge in [-0.1, -0.05) is 23.7 Å². The van der Waals surface area contributed by atoms with Crippen molar-refractivity contribution < 1.29 is 18.3 Å². The average Bonchev–Trinajstić information content (AvgIpc) is 2.21. The maximum Gasteiger partial charge on any atom is 0.390 e. The minimum absolute atomic E-state index is 0.0759. The van der Waals surface area contributed by atoms with Crippen LogP contribution in [-0.2, 0) is 6.54 Å². The first kappa shape index (κ1) is 14.1. The van der Waals surface area contributed by atoms with E-state index in [0.29, 0.717) is 5.56 Å². The molecule has 0 heterocycles. The molecule has 0 atom stereocenters. The highest BCUT2D eigenvalue weighted by atomic mass is 35.5. The monoisotopic (exact) mass is 267 g/mol. The lowest BCUT2D eigenvalue weighted by Crippen LogP contribution is -2.24. The Kier molecular flexibility index (Phi) is 4.65. The Hall–Kier alpha value is -0.940. The molecule has 17 heavy (non-hydrogen) atoms. The smallest absolute Gasteiger partial charge is 0.390 e. The lowest BCUT2D eigenvalue weighted by molar-refractivity contribution is -0.137. The number of halogens is 4. The standard InChI is InChI=1S/C11H13ClF3NO/c1-16(6-5-11(13,14)15)7-8-3-2-4-9(12)10(8)17/h2-4,17H,5-7H2,1H3. The highest BCUT2D eigenvalue weighted by molar-refractivity contribution is 6.32. The molecule has 1 aromatic carbocycles. The number of hydrogen-bond acceptors (Lipinski definition) is 2. The summed E-state index contributed by atoms with van der Waals surface area (Å²) in [4.78, 5) is 1.48. The van der Waals surface area contributed by atoms with Gasteiger partial charge in [0.15, 0.2) is 0 Å². The van der Waals surface area contributed by atoms with Crippen LogP contribution >= 0.6 is 11.6 Å². The van der Waals surface area contributed by atoms with Crippen LogP contribution in [0.1, 0.15) is 12.0 Å². The maximum absolute atomic E-state index is 12.0. The molecule has 1 N–H and O–H groups in total. The second kappa shape index (κ2) is 5.60. The van der Waals surface area contributed by atoms with Crippen molar-refractivity contribution in [2.45, 2.75) is 19.1 Å². The third-order valence-electron chi connectivity index (χ3n) is 2.29. The number of alkyl halides is 3. The minimum atomic E-state index is -4.16. The van der Waals surface area contributed by atoms with Crippen molar-refractivity contribution in [2.75, 3.05) is 13.6 Å². The number of benzene rings is 1.